The molecule has 6 heteroatoms. The molecule has 0 aliphatic heterocycles. The molecule has 0 atom stereocenters. The highest BCUT2D eigenvalue weighted by molar-refractivity contribution is 5.33. The van der Waals surface area contributed by atoms with E-state index < -0.39 is 23.3 Å². The van der Waals surface area contributed by atoms with E-state index in [4.69, 9.17) is 9.47 Å². The van der Waals surface area contributed by atoms with Crippen molar-refractivity contribution in [3.05, 3.63) is 64.2 Å². The second-order valence-electron chi connectivity index (χ2n) is 11.9. The van der Waals surface area contributed by atoms with Crippen molar-refractivity contribution >= 4 is 0 Å². The molecular weight excluding hydrogens is 516 g/mol. The highest BCUT2D eigenvalue weighted by atomic mass is 19.2. The van der Waals surface area contributed by atoms with Gasteiger partial charge in [0.1, 0.15) is 0 Å². The zero-order valence-corrected chi connectivity index (χ0v) is 24.3. The zero-order chi connectivity index (χ0) is 28.5. The Labute approximate surface area is 237 Å². The molecule has 0 bridgehead atoms. The first-order valence-electron chi connectivity index (χ1n) is 15.6. The summed E-state index contributed by atoms with van der Waals surface area (Å²) >= 11 is 0. The van der Waals surface area contributed by atoms with E-state index >= 15 is 8.78 Å². The van der Waals surface area contributed by atoms with Gasteiger partial charge in [0, 0.05) is 6.61 Å². The molecule has 0 spiro atoms. The summed E-state index contributed by atoms with van der Waals surface area (Å²) in [6.45, 7) is 5.31. The Kier molecular flexibility index (Phi) is 11.8. The molecule has 2 aromatic carbocycles. The average molecular weight is 563 g/mol. The van der Waals surface area contributed by atoms with Crippen LogP contribution < -0.4 is 4.74 Å². The van der Waals surface area contributed by atoms with E-state index in [-0.39, 0.29) is 23.7 Å². The van der Waals surface area contributed by atoms with Crippen LogP contribution in [0.15, 0.2) is 24.3 Å². The molecule has 0 saturated heterocycles. The predicted molar refractivity (Wildman–Crippen MR) is 152 cm³/mol. The van der Waals surface area contributed by atoms with Crippen molar-refractivity contribution in [3.63, 3.8) is 0 Å². The normalized spacial score (nSPS) is 23.4. The largest absolute Gasteiger partial charge is 0.490 e. The second-order valence-corrected chi connectivity index (χ2v) is 11.9. The van der Waals surface area contributed by atoms with E-state index in [9.17, 15) is 8.78 Å². The van der Waals surface area contributed by atoms with Crippen molar-refractivity contribution in [2.75, 3.05) is 13.2 Å². The lowest BCUT2D eigenvalue weighted by Crippen LogP contribution is -2.22. The third kappa shape index (κ3) is 7.80. The van der Waals surface area contributed by atoms with Crippen LogP contribution in [-0.4, -0.2) is 19.3 Å². The number of halogens is 4. The number of ether oxygens (including phenoxy) is 2. The first-order chi connectivity index (χ1) is 19.4. The third-order valence-electron chi connectivity index (χ3n) is 9.10. The van der Waals surface area contributed by atoms with Crippen LogP contribution in [0.2, 0.25) is 0 Å². The second kappa shape index (κ2) is 15.2. The van der Waals surface area contributed by atoms with Crippen LogP contribution in [0.1, 0.15) is 126 Å². The van der Waals surface area contributed by atoms with Gasteiger partial charge >= 0.3 is 0 Å². The molecule has 2 aliphatic rings. The summed E-state index contributed by atoms with van der Waals surface area (Å²) in [6, 6.07) is 6.77. The van der Waals surface area contributed by atoms with Gasteiger partial charge in [0.25, 0.3) is 0 Å². The summed E-state index contributed by atoms with van der Waals surface area (Å²) in [5.74, 6) is -2.72. The molecule has 0 heterocycles. The quantitative estimate of drug-likeness (QED) is 0.179. The van der Waals surface area contributed by atoms with Gasteiger partial charge in [0.05, 0.1) is 12.7 Å². The van der Waals surface area contributed by atoms with E-state index in [0.717, 1.165) is 90.1 Å². The number of aryl methyl sites for hydroxylation is 1. The van der Waals surface area contributed by atoms with Gasteiger partial charge in [-0.05, 0) is 118 Å². The number of hydrogen-bond acceptors (Lipinski definition) is 2. The highest BCUT2D eigenvalue weighted by Crippen LogP contribution is 2.41. The number of unbranched alkanes of at least 4 members (excludes halogenated alkanes) is 2. The smallest absolute Gasteiger partial charge is 0.200 e. The Balaban J connectivity index is 1.26. The van der Waals surface area contributed by atoms with Gasteiger partial charge in [0.15, 0.2) is 23.2 Å². The Morgan fingerprint density at radius 2 is 1.23 bits per heavy atom. The standard InChI is InChI=1S/C34H46F4O2/c1-3-5-21-39-27-16-13-25(14-17-27)28-18-15-26(31(35)32(28)36)12-9-23-7-10-24(11-8-23)29-19-20-30(34(38)33(29)37)40-22-6-4-2/h15,18-20,23-25,27H,3-14,16-17,21-22H2,1-2H3. The van der Waals surface area contributed by atoms with Crippen molar-refractivity contribution in [2.24, 2.45) is 5.92 Å². The SMILES string of the molecule is CCCCOc1ccc(C2CCC(CCc3ccc(C4CCC(OCCCC)CC4)c(F)c3F)CC2)c(F)c1F. The first kappa shape index (κ1) is 30.9. The van der Waals surface area contributed by atoms with Crippen LogP contribution in [0, 0.1) is 29.2 Å². The van der Waals surface area contributed by atoms with E-state index in [2.05, 4.69) is 6.92 Å². The maximum Gasteiger partial charge on any atom is 0.200 e. The van der Waals surface area contributed by atoms with Crippen LogP contribution in [0.5, 0.6) is 5.75 Å². The molecule has 0 radical (unpaired) electrons. The average Bonchev–Trinajstić information content (AvgIpc) is 2.97. The van der Waals surface area contributed by atoms with Crippen LogP contribution in [0.4, 0.5) is 17.6 Å². The summed E-state index contributed by atoms with van der Waals surface area (Å²) in [5.41, 5.74) is 1.36. The molecular formula is C34H46F4O2. The van der Waals surface area contributed by atoms with Gasteiger partial charge in [-0.3, -0.25) is 0 Å². The first-order valence-corrected chi connectivity index (χ1v) is 15.6. The minimum absolute atomic E-state index is 0.0206. The van der Waals surface area contributed by atoms with Crippen molar-refractivity contribution < 1.29 is 27.0 Å². The molecule has 2 saturated carbocycles. The van der Waals surface area contributed by atoms with Gasteiger partial charge in [-0.1, -0.05) is 44.9 Å². The van der Waals surface area contributed by atoms with E-state index in [0.29, 0.717) is 35.6 Å². The molecule has 4 rings (SSSR count). The zero-order valence-electron chi connectivity index (χ0n) is 24.3. The van der Waals surface area contributed by atoms with Crippen molar-refractivity contribution in [1.82, 2.24) is 0 Å². The van der Waals surface area contributed by atoms with Crippen LogP contribution >= 0.6 is 0 Å². The summed E-state index contributed by atoms with van der Waals surface area (Å²) < 4.78 is 70.8. The van der Waals surface area contributed by atoms with Gasteiger partial charge in [-0.15, -0.1) is 0 Å². The van der Waals surface area contributed by atoms with Gasteiger partial charge in [0.2, 0.25) is 5.82 Å². The minimum Gasteiger partial charge on any atom is -0.490 e. The topological polar surface area (TPSA) is 18.5 Å². The highest BCUT2D eigenvalue weighted by Gasteiger charge is 2.29. The molecule has 222 valence electrons. The lowest BCUT2D eigenvalue weighted by atomic mass is 9.76. The summed E-state index contributed by atoms with van der Waals surface area (Å²) in [7, 11) is 0. The predicted octanol–water partition coefficient (Wildman–Crippen LogP) is 10.2. The molecule has 2 aliphatic carbocycles. The molecule has 0 N–H and O–H groups in total. The Hall–Kier alpha value is -2.08. The fourth-order valence-electron chi connectivity index (χ4n) is 6.47. The monoisotopic (exact) mass is 562 g/mol. The fourth-order valence-corrected chi connectivity index (χ4v) is 6.47. The number of benzene rings is 2. The van der Waals surface area contributed by atoms with Crippen LogP contribution in [0.25, 0.3) is 0 Å². The summed E-state index contributed by atoms with van der Waals surface area (Å²) in [5, 5.41) is 0. The Bertz CT molecular complexity index is 1070. The minimum atomic E-state index is -0.898. The maximum atomic E-state index is 15.1. The Morgan fingerprint density at radius 3 is 1.88 bits per heavy atom. The van der Waals surface area contributed by atoms with Crippen molar-refractivity contribution in [2.45, 2.75) is 122 Å². The molecule has 0 amide bonds. The molecule has 2 fully saturated rings. The van der Waals surface area contributed by atoms with Crippen LogP contribution in [-0.2, 0) is 11.2 Å². The van der Waals surface area contributed by atoms with Crippen LogP contribution in [0.3, 0.4) is 0 Å². The van der Waals surface area contributed by atoms with Crippen molar-refractivity contribution in [3.8, 4) is 5.75 Å². The van der Waals surface area contributed by atoms with E-state index in [1.165, 1.54) is 0 Å². The molecule has 2 nitrogen and oxygen atoms in total. The van der Waals surface area contributed by atoms with Gasteiger partial charge in [-0.25, -0.2) is 13.2 Å². The van der Waals surface area contributed by atoms with E-state index in [1.54, 1.807) is 24.3 Å². The number of rotatable bonds is 13. The maximum absolute atomic E-state index is 15.1. The lowest BCUT2D eigenvalue weighted by molar-refractivity contribution is 0.0230. The summed E-state index contributed by atoms with van der Waals surface area (Å²) in [6.07, 6.45) is 12.1. The molecule has 0 unspecified atom stereocenters. The van der Waals surface area contributed by atoms with E-state index in [1.807, 2.05) is 6.92 Å². The van der Waals surface area contributed by atoms with Crippen molar-refractivity contribution in [1.29, 1.82) is 0 Å². The summed E-state index contributed by atoms with van der Waals surface area (Å²) in [4.78, 5) is 0. The molecule has 2 aromatic rings. The fraction of sp³-hybridized carbons (Fsp3) is 0.647. The Morgan fingerprint density at radius 1 is 0.650 bits per heavy atom. The third-order valence-corrected chi connectivity index (χ3v) is 9.10. The molecule has 0 aromatic heterocycles. The number of hydrogen-bond donors (Lipinski definition) is 0. The lowest BCUT2D eigenvalue weighted by Gasteiger charge is -2.30. The molecule has 40 heavy (non-hydrogen) atoms. The van der Waals surface area contributed by atoms with Gasteiger partial charge < -0.3 is 9.47 Å². The van der Waals surface area contributed by atoms with Gasteiger partial charge in [-0.2, -0.15) is 4.39 Å².